The van der Waals surface area contributed by atoms with Crippen LogP contribution in [0.15, 0.2) is 36.4 Å². The van der Waals surface area contributed by atoms with E-state index < -0.39 is 29.9 Å². The van der Waals surface area contributed by atoms with Crippen molar-refractivity contribution >= 4 is 35.1 Å². The number of esters is 2. The Hall–Kier alpha value is -3.88. The third-order valence-corrected chi connectivity index (χ3v) is 4.38. The average Bonchev–Trinajstić information content (AvgIpc) is 2.72. The van der Waals surface area contributed by atoms with Gasteiger partial charge < -0.3 is 24.8 Å². The predicted molar refractivity (Wildman–Crippen MR) is 107 cm³/mol. The van der Waals surface area contributed by atoms with Crippen LogP contribution in [0.1, 0.15) is 32.7 Å². The lowest BCUT2D eigenvalue weighted by atomic mass is 10.1. The number of hydrogen-bond donors (Lipinski definition) is 2. The van der Waals surface area contributed by atoms with Crippen LogP contribution in [0, 0.1) is 6.92 Å². The largest absolute Gasteiger partial charge is 0.478 e. The van der Waals surface area contributed by atoms with Crippen molar-refractivity contribution in [2.75, 3.05) is 24.9 Å². The van der Waals surface area contributed by atoms with Crippen molar-refractivity contribution in [3.63, 3.8) is 0 Å². The van der Waals surface area contributed by atoms with E-state index in [1.165, 1.54) is 32.4 Å². The van der Waals surface area contributed by atoms with Gasteiger partial charge in [-0.25, -0.2) is 9.59 Å². The molecule has 1 atom stereocenters. The summed E-state index contributed by atoms with van der Waals surface area (Å²) >= 11 is 0. The highest BCUT2D eigenvalue weighted by Crippen LogP contribution is 2.31. The first kappa shape index (κ1) is 20.8. The summed E-state index contributed by atoms with van der Waals surface area (Å²) in [5.41, 5.74) is 1.81. The standard InChI is InChI=1S/C21H20N2O7/c1-11-4-5-16-15(6-11)23-19(25)17(30-16)10-18(24)22-14-8-12(20(26)28-2)7-13(9-14)21(27)29-3/h4-9,17H,10H2,1-3H3,(H,22,24)(H,23,25). The molecule has 0 aromatic heterocycles. The second kappa shape index (κ2) is 8.64. The summed E-state index contributed by atoms with van der Waals surface area (Å²) in [4.78, 5) is 48.5. The third-order valence-electron chi connectivity index (χ3n) is 4.38. The van der Waals surface area contributed by atoms with Gasteiger partial charge in [-0.1, -0.05) is 6.07 Å². The van der Waals surface area contributed by atoms with Crippen molar-refractivity contribution in [1.82, 2.24) is 0 Å². The lowest BCUT2D eigenvalue weighted by Crippen LogP contribution is -2.39. The van der Waals surface area contributed by atoms with E-state index >= 15 is 0 Å². The quantitative estimate of drug-likeness (QED) is 0.723. The van der Waals surface area contributed by atoms with Crippen LogP contribution in [0.4, 0.5) is 11.4 Å². The molecule has 1 heterocycles. The fraction of sp³-hybridized carbons (Fsp3) is 0.238. The fourth-order valence-corrected chi connectivity index (χ4v) is 2.95. The van der Waals surface area contributed by atoms with E-state index in [1.807, 2.05) is 13.0 Å². The summed E-state index contributed by atoms with van der Waals surface area (Å²) < 4.78 is 15.0. The molecule has 2 N–H and O–H groups in total. The molecule has 2 aromatic rings. The molecule has 0 saturated carbocycles. The number of methoxy groups -OCH3 is 2. The minimum Gasteiger partial charge on any atom is -0.478 e. The van der Waals surface area contributed by atoms with Crippen molar-refractivity contribution in [3.8, 4) is 5.75 Å². The Kier molecular flexibility index (Phi) is 6.01. The Labute approximate surface area is 172 Å². The molecule has 0 aliphatic carbocycles. The second-order valence-electron chi connectivity index (χ2n) is 6.63. The van der Waals surface area contributed by atoms with Crippen LogP contribution in [0.25, 0.3) is 0 Å². The molecule has 156 valence electrons. The van der Waals surface area contributed by atoms with E-state index in [0.29, 0.717) is 11.4 Å². The highest BCUT2D eigenvalue weighted by Gasteiger charge is 2.30. The number of benzene rings is 2. The Bertz CT molecular complexity index is 998. The number of carbonyl (C=O) groups excluding carboxylic acids is 4. The van der Waals surface area contributed by atoms with E-state index in [0.717, 1.165) is 5.56 Å². The van der Waals surface area contributed by atoms with Crippen LogP contribution in [0.3, 0.4) is 0 Å². The molecule has 0 bridgehead atoms. The van der Waals surface area contributed by atoms with Gasteiger partial charge in [0.1, 0.15) is 5.75 Å². The molecule has 3 rings (SSSR count). The van der Waals surface area contributed by atoms with Crippen LogP contribution >= 0.6 is 0 Å². The van der Waals surface area contributed by atoms with Crippen molar-refractivity contribution in [1.29, 1.82) is 0 Å². The maximum absolute atomic E-state index is 12.5. The minimum atomic E-state index is -1.02. The summed E-state index contributed by atoms with van der Waals surface area (Å²) in [6.45, 7) is 1.89. The predicted octanol–water partition coefficient (Wildman–Crippen LogP) is 2.30. The number of fused-ring (bicyclic) bond motifs is 1. The van der Waals surface area contributed by atoms with Crippen LogP contribution in [0.2, 0.25) is 0 Å². The molecule has 0 fully saturated rings. The number of carbonyl (C=O) groups is 4. The van der Waals surface area contributed by atoms with Gasteiger partial charge in [0.25, 0.3) is 5.91 Å². The van der Waals surface area contributed by atoms with Crippen molar-refractivity contribution in [3.05, 3.63) is 53.1 Å². The molecule has 1 unspecified atom stereocenters. The van der Waals surface area contributed by atoms with Crippen LogP contribution in [-0.4, -0.2) is 44.1 Å². The van der Waals surface area contributed by atoms with Crippen molar-refractivity contribution < 1.29 is 33.4 Å². The number of aryl methyl sites for hydroxylation is 1. The Morgan fingerprint density at radius 3 is 2.27 bits per heavy atom. The van der Waals surface area contributed by atoms with Gasteiger partial charge in [0.05, 0.1) is 37.5 Å². The van der Waals surface area contributed by atoms with E-state index in [2.05, 4.69) is 20.1 Å². The van der Waals surface area contributed by atoms with Gasteiger partial charge in [-0.05, 0) is 42.8 Å². The van der Waals surface area contributed by atoms with Crippen molar-refractivity contribution in [2.45, 2.75) is 19.4 Å². The summed E-state index contributed by atoms with van der Waals surface area (Å²) in [7, 11) is 2.40. The number of hydrogen-bond acceptors (Lipinski definition) is 7. The summed E-state index contributed by atoms with van der Waals surface area (Å²) in [6.07, 6.45) is -1.29. The zero-order chi connectivity index (χ0) is 21.8. The molecular weight excluding hydrogens is 392 g/mol. The molecule has 1 aliphatic rings. The monoisotopic (exact) mass is 412 g/mol. The lowest BCUT2D eigenvalue weighted by molar-refractivity contribution is -0.128. The van der Waals surface area contributed by atoms with Gasteiger partial charge in [0, 0.05) is 5.69 Å². The van der Waals surface area contributed by atoms with Gasteiger partial charge in [0.15, 0.2) is 6.10 Å². The Morgan fingerprint density at radius 2 is 1.67 bits per heavy atom. The van der Waals surface area contributed by atoms with Gasteiger partial charge in [-0.2, -0.15) is 0 Å². The van der Waals surface area contributed by atoms with E-state index in [-0.39, 0.29) is 23.2 Å². The minimum absolute atomic E-state index is 0.0617. The molecule has 1 aliphatic heterocycles. The van der Waals surface area contributed by atoms with Gasteiger partial charge in [-0.15, -0.1) is 0 Å². The fourth-order valence-electron chi connectivity index (χ4n) is 2.95. The van der Waals surface area contributed by atoms with Crippen LogP contribution in [-0.2, 0) is 19.1 Å². The molecule has 9 nitrogen and oxygen atoms in total. The smallest absolute Gasteiger partial charge is 0.337 e. The van der Waals surface area contributed by atoms with E-state index in [4.69, 9.17) is 4.74 Å². The molecule has 0 saturated heterocycles. The first-order chi connectivity index (χ1) is 14.3. The highest BCUT2D eigenvalue weighted by molar-refractivity contribution is 6.03. The zero-order valence-corrected chi connectivity index (χ0v) is 16.6. The van der Waals surface area contributed by atoms with Gasteiger partial charge in [0.2, 0.25) is 5.91 Å². The molecular formula is C21H20N2O7. The molecule has 2 amide bonds. The highest BCUT2D eigenvalue weighted by atomic mass is 16.5. The molecule has 9 heteroatoms. The van der Waals surface area contributed by atoms with E-state index in [1.54, 1.807) is 12.1 Å². The first-order valence-electron chi connectivity index (χ1n) is 9.00. The average molecular weight is 412 g/mol. The summed E-state index contributed by atoms with van der Waals surface area (Å²) in [5.74, 6) is -1.87. The second-order valence-corrected chi connectivity index (χ2v) is 6.63. The maximum atomic E-state index is 12.5. The maximum Gasteiger partial charge on any atom is 0.337 e. The summed E-state index contributed by atoms with van der Waals surface area (Å²) in [6, 6.07) is 9.34. The van der Waals surface area contributed by atoms with Gasteiger partial charge in [-0.3, -0.25) is 9.59 Å². The van der Waals surface area contributed by atoms with E-state index in [9.17, 15) is 19.2 Å². The first-order valence-corrected chi connectivity index (χ1v) is 9.00. The molecule has 0 radical (unpaired) electrons. The number of anilines is 2. The Balaban J connectivity index is 1.75. The van der Waals surface area contributed by atoms with Gasteiger partial charge >= 0.3 is 11.9 Å². The molecule has 30 heavy (non-hydrogen) atoms. The molecule has 2 aromatic carbocycles. The number of rotatable bonds is 5. The normalized spacial score (nSPS) is 14.6. The third kappa shape index (κ3) is 4.57. The number of amides is 2. The number of nitrogens with one attached hydrogen (secondary N) is 2. The van der Waals surface area contributed by atoms with Crippen molar-refractivity contribution in [2.24, 2.45) is 0 Å². The van der Waals surface area contributed by atoms with Crippen LogP contribution < -0.4 is 15.4 Å². The topological polar surface area (TPSA) is 120 Å². The zero-order valence-electron chi connectivity index (χ0n) is 16.6. The Morgan fingerprint density at radius 1 is 1.03 bits per heavy atom. The number of ether oxygens (including phenoxy) is 3. The SMILES string of the molecule is COC(=O)c1cc(NC(=O)CC2Oc3ccc(C)cc3NC2=O)cc(C(=O)OC)c1. The molecule has 0 spiro atoms. The lowest BCUT2D eigenvalue weighted by Gasteiger charge is -2.25. The van der Waals surface area contributed by atoms with Crippen LogP contribution in [0.5, 0.6) is 5.75 Å². The summed E-state index contributed by atoms with van der Waals surface area (Å²) in [5, 5.41) is 5.28.